The number of benzene rings is 2. The Kier molecular flexibility index (Phi) is 7.87. The molecule has 2 aromatic rings. The van der Waals surface area contributed by atoms with Gasteiger partial charge in [-0.3, -0.25) is 9.59 Å². The summed E-state index contributed by atoms with van der Waals surface area (Å²) < 4.78 is 11.0. The van der Waals surface area contributed by atoms with Crippen LogP contribution in [0.1, 0.15) is 42.6 Å². The maximum absolute atomic E-state index is 12.7. The highest BCUT2D eigenvalue weighted by Crippen LogP contribution is 2.29. The molecule has 150 valence electrons. The Morgan fingerprint density at radius 2 is 1.79 bits per heavy atom. The summed E-state index contributed by atoms with van der Waals surface area (Å²) in [5.41, 5.74) is 1.47. The molecule has 2 N–H and O–H groups in total. The third-order valence-electron chi connectivity index (χ3n) is 4.16. The Morgan fingerprint density at radius 3 is 2.39 bits per heavy atom. The summed E-state index contributed by atoms with van der Waals surface area (Å²) in [6, 6.07) is 14.4. The number of rotatable bonds is 10. The molecule has 0 aliphatic carbocycles. The van der Waals surface area contributed by atoms with Crippen LogP contribution in [0.5, 0.6) is 11.5 Å². The van der Waals surface area contributed by atoms with E-state index in [0.29, 0.717) is 29.9 Å². The third-order valence-corrected chi connectivity index (χ3v) is 4.16. The van der Waals surface area contributed by atoms with E-state index in [1.807, 2.05) is 44.2 Å². The van der Waals surface area contributed by atoms with Crippen LogP contribution in [0.15, 0.2) is 48.5 Å². The van der Waals surface area contributed by atoms with E-state index < -0.39 is 5.97 Å². The van der Waals surface area contributed by atoms with Gasteiger partial charge in [-0.15, -0.1) is 0 Å². The molecule has 1 amide bonds. The summed E-state index contributed by atoms with van der Waals surface area (Å²) in [5.74, 6) is -0.114. The molecular weight excluding hydrogens is 358 g/mol. The Bertz CT molecular complexity index is 789. The molecule has 0 aliphatic heterocycles. The minimum absolute atomic E-state index is 0.0116. The Balaban J connectivity index is 2.13. The van der Waals surface area contributed by atoms with Gasteiger partial charge in [-0.05, 0) is 50.5 Å². The second-order valence-corrected chi connectivity index (χ2v) is 6.82. The molecule has 6 heteroatoms. The first kappa shape index (κ1) is 21.3. The summed E-state index contributed by atoms with van der Waals surface area (Å²) >= 11 is 0. The van der Waals surface area contributed by atoms with Crippen LogP contribution in [0.3, 0.4) is 0 Å². The molecule has 6 nitrogen and oxygen atoms in total. The molecule has 0 aliphatic rings. The van der Waals surface area contributed by atoms with Gasteiger partial charge in [-0.2, -0.15) is 0 Å². The Hall–Kier alpha value is -3.02. The summed E-state index contributed by atoms with van der Waals surface area (Å²) in [6.07, 6.45) is 0.884. The number of carbonyl (C=O) groups excluding carboxylic acids is 1. The van der Waals surface area contributed by atoms with Crippen LogP contribution in [-0.2, 0) is 11.2 Å². The molecule has 0 saturated carbocycles. The zero-order chi connectivity index (χ0) is 20.5. The van der Waals surface area contributed by atoms with Crippen molar-refractivity contribution in [2.75, 3.05) is 7.11 Å². The van der Waals surface area contributed by atoms with Gasteiger partial charge in [0.2, 0.25) is 0 Å². The van der Waals surface area contributed by atoms with Gasteiger partial charge in [0.1, 0.15) is 0 Å². The number of carboxylic acids is 1. The van der Waals surface area contributed by atoms with Crippen LogP contribution in [-0.4, -0.2) is 36.2 Å². The van der Waals surface area contributed by atoms with Gasteiger partial charge in [-0.25, -0.2) is 0 Å². The second kappa shape index (κ2) is 10.3. The van der Waals surface area contributed by atoms with E-state index in [1.54, 1.807) is 18.2 Å². The number of carbonyl (C=O) groups is 2. The molecule has 0 saturated heterocycles. The molecule has 0 spiro atoms. The largest absolute Gasteiger partial charge is 0.493 e. The van der Waals surface area contributed by atoms with Crippen molar-refractivity contribution in [3.05, 3.63) is 59.7 Å². The van der Waals surface area contributed by atoms with E-state index in [-0.39, 0.29) is 24.5 Å². The van der Waals surface area contributed by atoms with Crippen molar-refractivity contribution in [1.29, 1.82) is 0 Å². The van der Waals surface area contributed by atoms with E-state index in [4.69, 9.17) is 14.6 Å². The predicted octanol–water partition coefficient (Wildman–Crippen LogP) is 3.69. The van der Waals surface area contributed by atoms with Gasteiger partial charge in [-0.1, -0.05) is 30.3 Å². The fourth-order valence-corrected chi connectivity index (χ4v) is 2.85. The molecule has 2 rings (SSSR count). The maximum atomic E-state index is 12.7. The van der Waals surface area contributed by atoms with Crippen molar-refractivity contribution in [3.63, 3.8) is 0 Å². The summed E-state index contributed by atoms with van der Waals surface area (Å²) in [6.45, 7) is 3.83. The molecule has 1 unspecified atom stereocenters. The first-order valence-corrected chi connectivity index (χ1v) is 9.30. The van der Waals surface area contributed by atoms with Crippen LogP contribution in [0, 0.1) is 0 Å². The highest BCUT2D eigenvalue weighted by molar-refractivity contribution is 5.95. The number of methoxy groups -OCH3 is 1. The van der Waals surface area contributed by atoms with Crippen molar-refractivity contribution in [1.82, 2.24) is 5.32 Å². The molecule has 0 fully saturated rings. The van der Waals surface area contributed by atoms with Crippen LogP contribution in [0.2, 0.25) is 0 Å². The molecule has 0 heterocycles. The number of amides is 1. The summed E-state index contributed by atoms with van der Waals surface area (Å²) in [4.78, 5) is 23.7. The van der Waals surface area contributed by atoms with E-state index in [2.05, 4.69) is 5.32 Å². The SMILES string of the molecule is COc1cc(C(=O)NC(CCC(=O)O)Cc2ccccc2)ccc1OC(C)C. The van der Waals surface area contributed by atoms with Gasteiger partial charge in [0.15, 0.2) is 11.5 Å². The number of carboxylic acid groups (broad SMARTS) is 1. The standard InChI is InChI=1S/C22H27NO5/c1-15(2)28-19-11-9-17(14-20(19)27-3)22(26)23-18(10-12-21(24)25)13-16-7-5-4-6-8-16/h4-9,11,14-15,18H,10,12-13H2,1-3H3,(H,23,26)(H,24,25). The monoisotopic (exact) mass is 385 g/mol. The van der Waals surface area contributed by atoms with Crippen molar-refractivity contribution in [3.8, 4) is 11.5 Å². The quantitative estimate of drug-likeness (QED) is 0.652. The highest BCUT2D eigenvalue weighted by atomic mass is 16.5. The van der Waals surface area contributed by atoms with Gasteiger partial charge >= 0.3 is 5.97 Å². The van der Waals surface area contributed by atoms with Gasteiger partial charge < -0.3 is 19.9 Å². The molecule has 1 atom stereocenters. The first-order valence-electron chi connectivity index (χ1n) is 9.30. The van der Waals surface area contributed by atoms with Crippen LogP contribution >= 0.6 is 0 Å². The average molecular weight is 385 g/mol. The minimum atomic E-state index is -0.885. The lowest BCUT2D eigenvalue weighted by Gasteiger charge is -2.19. The molecule has 0 bridgehead atoms. The molecule has 0 aromatic heterocycles. The smallest absolute Gasteiger partial charge is 0.303 e. The molecule has 28 heavy (non-hydrogen) atoms. The normalized spacial score (nSPS) is 11.7. The number of ether oxygens (including phenoxy) is 2. The number of hydrogen-bond donors (Lipinski definition) is 2. The van der Waals surface area contributed by atoms with E-state index in [0.717, 1.165) is 5.56 Å². The summed E-state index contributed by atoms with van der Waals surface area (Å²) in [7, 11) is 1.52. The fraction of sp³-hybridized carbons (Fsp3) is 0.364. The molecule has 0 radical (unpaired) electrons. The van der Waals surface area contributed by atoms with E-state index in [9.17, 15) is 9.59 Å². The van der Waals surface area contributed by atoms with E-state index >= 15 is 0 Å². The van der Waals surface area contributed by atoms with Crippen molar-refractivity contribution in [2.45, 2.75) is 45.3 Å². The van der Waals surface area contributed by atoms with Crippen LogP contribution in [0.25, 0.3) is 0 Å². The number of nitrogens with one attached hydrogen (secondary N) is 1. The van der Waals surface area contributed by atoms with Crippen LogP contribution in [0.4, 0.5) is 0 Å². The highest BCUT2D eigenvalue weighted by Gasteiger charge is 2.18. The minimum Gasteiger partial charge on any atom is -0.493 e. The number of hydrogen-bond acceptors (Lipinski definition) is 4. The second-order valence-electron chi connectivity index (χ2n) is 6.82. The number of aliphatic carboxylic acids is 1. The fourth-order valence-electron chi connectivity index (χ4n) is 2.85. The van der Waals surface area contributed by atoms with E-state index in [1.165, 1.54) is 7.11 Å². The van der Waals surface area contributed by atoms with Gasteiger partial charge in [0.25, 0.3) is 5.91 Å². The molecular formula is C22H27NO5. The Labute approximate surface area is 165 Å². The topological polar surface area (TPSA) is 84.9 Å². The van der Waals surface area contributed by atoms with Crippen LogP contribution < -0.4 is 14.8 Å². The lowest BCUT2D eigenvalue weighted by Crippen LogP contribution is -2.37. The van der Waals surface area contributed by atoms with Crippen molar-refractivity contribution >= 4 is 11.9 Å². The van der Waals surface area contributed by atoms with Gasteiger partial charge in [0, 0.05) is 18.0 Å². The zero-order valence-corrected chi connectivity index (χ0v) is 16.5. The van der Waals surface area contributed by atoms with Crippen molar-refractivity contribution < 1.29 is 24.2 Å². The predicted molar refractivity (Wildman–Crippen MR) is 107 cm³/mol. The maximum Gasteiger partial charge on any atom is 0.303 e. The first-order chi connectivity index (χ1) is 13.4. The summed E-state index contributed by atoms with van der Waals surface area (Å²) in [5, 5.41) is 12.0. The average Bonchev–Trinajstić information content (AvgIpc) is 2.66. The lowest BCUT2D eigenvalue weighted by atomic mass is 10.0. The Morgan fingerprint density at radius 1 is 1.07 bits per heavy atom. The zero-order valence-electron chi connectivity index (χ0n) is 16.5. The third kappa shape index (κ3) is 6.61. The molecule has 2 aromatic carbocycles. The van der Waals surface area contributed by atoms with Gasteiger partial charge in [0.05, 0.1) is 13.2 Å². The van der Waals surface area contributed by atoms with Crippen molar-refractivity contribution in [2.24, 2.45) is 0 Å². The lowest BCUT2D eigenvalue weighted by molar-refractivity contribution is -0.137.